The fourth-order valence-electron chi connectivity index (χ4n) is 9.40. The smallest absolute Gasteiger partial charge is 0.136 e. The molecule has 60 heavy (non-hydrogen) atoms. The first-order chi connectivity index (χ1) is 29.7. The van der Waals surface area contributed by atoms with Gasteiger partial charge in [-0.25, -0.2) is 0 Å². The molecule has 0 atom stereocenters. The Kier molecular flexibility index (Phi) is 7.89. The number of furan rings is 1. The first-order valence-corrected chi connectivity index (χ1v) is 20.6. The summed E-state index contributed by atoms with van der Waals surface area (Å²) in [6, 6.07) is 81.3. The average molecular weight is 764 g/mol. The molecule has 0 bridgehead atoms. The van der Waals surface area contributed by atoms with Crippen LogP contribution in [0.2, 0.25) is 0 Å². The number of hydrogen-bond acceptors (Lipinski definition) is 2. The van der Waals surface area contributed by atoms with Gasteiger partial charge in [-0.3, -0.25) is 0 Å². The molecule has 2 heteroatoms. The van der Waals surface area contributed by atoms with E-state index >= 15 is 0 Å². The van der Waals surface area contributed by atoms with Crippen LogP contribution in [0.3, 0.4) is 0 Å². The van der Waals surface area contributed by atoms with Crippen LogP contribution in [0.25, 0.3) is 98.4 Å². The maximum absolute atomic E-state index is 6.27. The van der Waals surface area contributed by atoms with Crippen molar-refractivity contribution in [2.75, 3.05) is 4.90 Å². The van der Waals surface area contributed by atoms with E-state index in [2.05, 4.69) is 217 Å². The van der Waals surface area contributed by atoms with Gasteiger partial charge in [0, 0.05) is 27.7 Å². The number of rotatable bonds is 6. The van der Waals surface area contributed by atoms with E-state index in [9.17, 15) is 0 Å². The van der Waals surface area contributed by atoms with Gasteiger partial charge in [0.15, 0.2) is 0 Å². The molecular formula is C58H37NO. The zero-order chi connectivity index (χ0) is 39.6. The molecule has 0 amide bonds. The quantitative estimate of drug-likeness (QED) is 0.157. The lowest BCUT2D eigenvalue weighted by Gasteiger charge is -2.28. The van der Waals surface area contributed by atoms with E-state index in [1.165, 1.54) is 65.3 Å². The molecule has 0 spiro atoms. The van der Waals surface area contributed by atoms with Crippen molar-refractivity contribution in [1.82, 2.24) is 0 Å². The average Bonchev–Trinajstić information content (AvgIpc) is 3.71. The first-order valence-electron chi connectivity index (χ1n) is 20.6. The normalized spacial score (nSPS) is 11.7. The molecule has 0 radical (unpaired) electrons. The third kappa shape index (κ3) is 5.57. The minimum absolute atomic E-state index is 0.899. The van der Waals surface area contributed by atoms with Gasteiger partial charge >= 0.3 is 0 Å². The molecule has 0 aliphatic carbocycles. The van der Waals surface area contributed by atoms with Crippen molar-refractivity contribution < 1.29 is 4.42 Å². The molecule has 0 N–H and O–H groups in total. The predicted molar refractivity (Wildman–Crippen MR) is 255 cm³/mol. The first kappa shape index (κ1) is 34.1. The van der Waals surface area contributed by atoms with Crippen LogP contribution in [0.15, 0.2) is 229 Å². The van der Waals surface area contributed by atoms with Gasteiger partial charge in [0.25, 0.3) is 0 Å². The third-order valence-corrected chi connectivity index (χ3v) is 12.2. The molecule has 2 nitrogen and oxygen atoms in total. The summed E-state index contributed by atoms with van der Waals surface area (Å²) in [5.41, 5.74) is 12.1. The fraction of sp³-hybridized carbons (Fsp3) is 0. The second-order valence-corrected chi connectivity index (χ2v) is 15.6. The zero-order valence-corrected chi connectivity index (χ0v) is 32.7. The Morgan fingerprint density at radius 1 is 0.283 bits per heavy atom. The van der Waals surface area contributed by atoms with E-state index in [4.69, 9.17) is 4.42 Å². The molecule has 0 saturated heterocycles. The van der Waals surface area contributed by atoms with Gasteiger partial charge in [-0.05, 0) is 119 Å². The summed E-state index contributed by atoms with van der Waals surface area (Å²) in [5, 5.41) is 12.4. The predicted octanol–water partition coefficient (Wildman–Crippen LogP) is 16.7. The zero-order valence-electron chi connectivity index (χ0n) is 32.7. The number of benzene rings is 11. The molecule has 12 rings (SSSR count). The minimum Gasteiger partial charge on any atom is -0.456 e. The van der Waals surface area contributed by atoms with E-state index in [1.807, 2.05) is 12.1 Å². The maximum Gasteiger partial charge on any atom is 0.136 e. The molecule has 1 heterocycles. The van der Waals surface area contributed by atoms with Crippen molar-refractivity contribution in [2.45, 2.75) is 0 Å². The van der Waals surface area contributed by atoms with Crippen molar-refractivity contribution in [3.8, 4) is 33.4 Å². The Labute approximate surface area is 347 Å². The van der Waals surface area contributed by atoms with Crippen LogP contribution in [0.5, 0.6) is 0 Å². The van der Waals surface area contributed by atoms with Crippen LogP contribution in [-0.4, -0.2) is 0 Å². The highest BCUT2D eigenvalue weighted by atomic mass is 16.3. The summed E-state index contributed by atoms with van der Waals surface area (Å²) >= 11 is 0. The van der Waals surface area contributed by atoms with Gasteiger partial charge in [0.2, 0.25) is 0 Å². The number of hydrogen-bond donors (Lipinski definition) is 0. The van der Waals surface area contributed by atoms with E-state index < -0.39 is 0 Å². The van der Waals surface area contributed by atoms with Gasteiger partial charge in [-0.1, -0.05) is 176 Å². The van der Waals surface area contributed by atoms with Crippen LogP contribution in [0.1, 0.15) is 0 Å². The number of fused-ring (bicyclic) bond motifs is 9. The maximum atomic E-state index is 6.27. The summed E-state index contributed by atoms with van der Waals surface area (Å²) in [6.07, 6.45) is 0. The summed E-state index contributed by atoms with van der Waals surface area (Å²) in [7, 11) is 0. The van der Waals surface area contributed by atoms with Crippen molar-refractivity contribution in [3.63, 3.8) is 0 Å². The standard InChI is InChI=1S/C58H37NO/c1-3-14-47-39(11-1)13-9-19-50(47)51-16-5-7-20-54(51)59(46-35-31-41(32-36-46)49-18-10-22-56-58(49)52-17-6-8-21-55(52)60-56)45-33-29-38(30-34-45)44-28-25-42-24-27-43-26-23-40-12-2-4-15-48(40)57(43)53(42)37-44/h1-37H. The summed E-state index contributed by atoms with van der Waals surface area (Å²) in [5.74, 6) is 0. The van der Waals surface area contributed by atoms with Crippen LogP contribution in [-0.2, 0) is 0 Å². The molecule has 280 valence electrons. The minimum atomic E-state index is 0.899. The molecule has 0 aliphatic rings. The fourth-order valence-corrected chi connectivity index (χ4v) is 9.40. The van der Waals surface area contributed by atoms with Crippen molar-refractivity contribution >= 4 is 82.1 Å². The number of para-hydroxylation sites is 2. The summed E-state index contributed by atoms with van der Waals surface area (Å²) in [4.78, 5) is 2.40. The van der Waals surface area contributed by atoms with E-state index in [1.54, 1.807) is 0 Å². The molecule has 12 aromatic rings. The van der Waals surface area contributed by atoms with Crippen molar-refractivity contribution in [2.24, 2.45) is 0 Å². The molecule has 1 aromatic heterocycles. The highest BCUT2D eigenvalue weighted by molar-refractivity contribution is 6.20. The van der Waals surface area contributed by atoms with Crippen LogP contribution in [0, 0.1) is 0 Å². The van der Waals surface area contributed by atoms with E-state index in [0.717, 1.165) is 50.1 Å². The summed E-state index contributed by atoms with van der Waals surface area (Å²) in [6.45, 7) is 0. The lowest BCUT2D eigenvalue weighted by atomic mass is 9.94. The topological polar surface area (TPSA) is 16.4 Å². The van der Waals surface area contributed by atoms with Crippen molar-refractivity contribution in [1.29, 1.82) is 0 Å². The molecule has 0 unspecified atom stereocenters. The van der Waals surface area contributed by atoms with Crippen LogP contribution < -0.4 is 4.90 Å². The number of anilines is 3. The molecule has 11 aromatic carbocycles. The number of nitrogens with zero attached hydrogens (tertiary/aromatic N) is 1. The Balaban J connectivity index is 1.00. The largest absolute Gasteiger partial charge is 0.456 e. The van der Waals surface area contributed by atoms with Gasteiger partial charge < -0.3 is 9.32 Å². The van der Waals surface area contributed by atoms with Gasteiger partial charge in [0.1, 0.15) is 11.2 Å². The monoisotopic (exact) mass is 763 g/mol. The molecule has 0 saturated carbocycles. The van der Waals surface area contributed by atoms with Gasteiger partial charge in [-0.2, -0.15) is 0 Å². The highest BCUT2D eigenvalue weighted by Crippen LogP contribution is 2.45. The SMILES string of the molecule is c1ccc(N(c2ccc(-c3ccc4ccc5ccc6ccccc6c5c4c3)cc2)c2ccc(-c3cccc4oc5ccccc5c34)cc2)c(-c2cccc3ccccc23)c1. The second kappa shape index (κ2) is 13.9. The lowest BCUT2D eigenvalue weighted by molar-refractivity contribution is 0.669. The Morgan fingerprint density at radius 3 is 1.60 bits per heavy atom. The van der Waals surface area contributed by atoms with Gasteiger partial charge in [0.05, 0.1) is 5.69 Å². The molecular weight excluding hydrogens is 727 g/mol. The van der Waals surface area contributed by atoms with Crippen LogP contribution >= 0.6 is 0 Å². The Bertz CT molecular complexity index is 3590. The Morgan fingerprint density at radius 2 is 0.800 bits per heavy atom. The van der Waals surface area contributed by atoms with E-state index in [-0.39, 0.29) is 0 Å². The second-order valence-electron chi connectivity index (χ2n) is 15.6. The summed E-state index contributed by atoms with van der Waals surface area (Å²) < 4.78 is 6.27. The highest BCUT2D eigenvalue weighted by Gasteiger charge is 2.20. The lowest BCUT2D eigenvalue weighted by Crippen LogP contribution is -2.11. The molecule has 0 fully saturated rings. The van der Waals surface area contributed by atoms with Crippen LogP contribution in [0.4, 0.5) is 17.1 Å². The van der Waals surface area contributed by atoms with E-state index in [0.29, 0.717) is 0 Å². The Hall–Kier alpha value is -7.94. The van der Waals surface area contributed by atoms with Gasteiger partial charge in [-0.15, -0.1) is 0 Å². The molecule has 0 aliphatic heterocycles. The van der Waals surface area contributed by atoms with Crippen molar-refractivity contribution in [3.05, 3.63) is 224 Å². The third-order valence-electron chi connectivity index (χ3n) is 12.2.